The first kappa shape index (κ1) is 15.4. The van der Waals surface area contributed by atoms with Gasteiger partial charge in [-0.1, -0.05) is 50.9 Å². The van der Waals surface area contributed by atoms with Crippen molar-refractivity contribution in [3.63, 3.8) is 0 Å². The first-order valence-electron chi connectivity index (χ1n) is 6.50. The lowest BCUT2D eigenvalue weighted by Crippen LogP contribution is -2.53. The number of halogens is 1. The molecular formula is C14H24ClNO2. The van der Waals surface area contributed by atoms with Crippen molar-refractivity contribution in [2.45, 2.75) is 58.4 Å². The Morgan fingerprint density at radius 2 is 2.17 bits per heavy atom. The lowest BCUT2D eigenvalue weighted by molar-refractivity contribution is 0.114. The summed E-state index contributed by atoms with van der Waals surface area (Å²) < 4.78 is 4.81. The molecule has 0 aromatic carbocycles. The second-order valence-electron chi connectivity index (χ2n) is 6.14. The van der Waals surface area contributed by atoms with Gasteiger partial charge in [0.2, 0.25) is 0 Å². The minimum absolute atomic E-state index is 0.113. The number of hydrogen-bond donors (Lipinski definition) is 1. The molecule has 1 amide bonds. The summed E-state index contributed by atoms with van der Waals surface area (Å²) in [5, 5.41) is 3.01. The number of nitrogens with one attached hydrogen (secondary N) is 1. The molecule has 1 atom stereocenters. The summed E-state index contributed by atoms with van der Waals surface area (Å²) in [5.74, 6) is 0. The van der Waals surface area contributed by atoms with E-state index in [1.807, 2.05) is 0 Å². The molecule has 1 rings (SSSR count). The van der Waals surface area contributed by atoms with Crippen molar-refractivity contribution in [2.24, 2.45) is 5.41 Å². The molecule has 4 heteroatoms. The zero-order valence-corrected chi connectivity index (χ0v) is 12.4. The monoisotopic (exact) mass is 273 g/mol. The van der Waals surface area contributed by atoms with Gasteiger partial charge in [0, 0.05) is 5.54 Å². The molecule has 0 radical (unpaired) electrons. The molecule has 1 saturated carbocycles. The van der Waals surface area contributed by atoms with E-state index in [1.54, 1.807) is 0 Å². The normalized spacial score (nSPS) is 26.8. The second kappa shape index (κ2) is 5.96. The lowest BCUT2D eigenvalue weighted by atomic mass is 9.65. The van der Waals surface area contributed by atoms with E-state index in [9.17, 15) is 4.79 Å². The van der Waals surface area contributed by atoms with E-state index in [-0.39, 0.29) is 17.0 Å². The molecule has 0 aromatic heterocycles. The maximum atomic E-state index is 11.7. The van der Waals surface area contributed by atoms with Crippen LogP contribution >= 0.6 is 11.6 Å². The summed E-state index contributed by atoms with van der Waals surface area (Å²) in [6.07, 6.45) is 4.33. The zero-order chi connectivity index (χ0) is 13.8. The highest BCUT2D eigenvalue weighted by Gasteiger charge is 2.42. The summed E-state index contributed by atoms with van der Waals surface area (Å²) in [5.41, 5.74) is 1.14. The van der Waals surface area contributed by atoms with Crippen LogP contribution in [0.25, 0.3) is 0 Å². The van der Waals surface area contributed by atoms with Crippen LogP contribution in [0.1, 0.15) is 52.9 Å². The van der Waals surface area contributed by atoms with Crippen LogP contribution < -0.4 is 5.32 Å². The highest BCUT2D eigenvalue weighted by molar-refractivity contribution is 6.17. The van der Waals surface area contributed by atoms with Crippen LogP contribution in [0.15, 0.2) is 12.2 Å². The number of hydrogen-bond acceptors (Lipinski definition) is 2. The Balaban J connectivity index is 2.84. The summed E-state index contributed by atoms with van der Waals surface area (Å²) in [7, 11) is 0. The third kappa shape index (κ3) is 4.20. The Labute approximate surface area is 115 Å². The topological polar surface area (TPSA) is 38.3 Å². The van der Waals surface area contributed by atoms with E-state index in [0.29, 0.717) is 0 Å². The highest BCUT2D eigenvalue weighted by atomic mass is 35.5. The van der Waals surface area contributed by atoms with Crippen LogP contribution in [0.5, 0.6) is 0 Å². The standard InChI is InChI=1S/C14H24ClNO2/c1-5-6-14(16-12(17)18-10-15)8-11(2)7-13(3,4)9-14/h2,5-10H2,1,3-4H3,(H,16,17). The molecule has 1 aliphatic carbocycles. The number of carbonyl (C=O) groups excluding carboxylic acids is 1. The number of ether oxygens (including phenoxy) is 1. The summed E-state index contributed by atoms with van der Waals surface area (Å²) in [6.45, 7) is 10.7. The Bertz CT molecular complexity index is 328. The van der Waals surface area contributed by atoms with E-state index >= 15 is 0 Å². The maximum absolute atomic E-state index is 11.7. The molecule has 1 aliphatic rings. The fourth-order valence-electron chi connectivity index (χ4n) is 3.37. The van der Waals surface area contributed by atoms with Crippen LogP contribution in [0, 0.1) is 5.41 Å². The minimum Gasteiger partial charge on any atom is -0.433 e. The Morgan fingerprint density at radius 3 is 2.67 bits per heavy atom. The summed E-state index contributed by atoms with van der Waals surface area (Å²) >= 11 is 5.42. The lowest BCUT2D eigenvalue weighted by Gasteiger charge is -2.46. The molecule has 1 fully saturated rings. The largest absolute Gasteiger partial charge is 0.433 e. The molecule has 18 heavy (non-hydrogen) atoms. The maximum Gasteiger partial charge on any atom is 0.408 e. The molecule has 0 aromatic rings. The van der Waals surface area contributed by atoms with Gasteiger partial charge in [-0.25, -0.2) is 4.79 Å². The average molecular weight is 274 g/mol. The number of alkyl carbamates (subject to hydrolysis) is 1. The van der Waals surface area contributed by atoms with Gasteiger partial charge in [-0.3, -0.25) is 0 Å². The van der Waals surface area contributed by atoms with Gasteiger partial charge in [-0.15, -0.1) is 0 Å². The molecule has 1 unspecified atom stereocenters. The average Bonchev–Trinajstić information content (AvgIpc) is 2.13. The predicted molar refractivity (Wildman–Crippen MR) is 74.7 cm³/mol. The van der Waals surface area contributed by atoms with Crippen molar-refractivity contribution in [2.75, 3.05) is 6.07 Å². The third-order valence-electron chi connectivity index (χ3n) is 3.42. The molecule has 3 nitrogen and oxygen atoms in total. The molecule has 0 saturated heterocycles. The van der Waals surface area contributed by atoms with Crippen molar-refractivity contribution in [3.05, 3.63) is 12.2 Å². The molecule has 0 heterocycles. The van der Waals surface area contributed by atoms with Crippen molar-refractivity contribution < 1.29 is 9.53 Å². The van der Waals surface area contributed by atoms with Gasteiger partial charge in [-0.05, 0) is 31.1 Å². The van der Waals surface area contributed by atoms with Crippen LogP contribution in [0.2, 0.25) is 0 Å². The first-order valence-corrected chi connectivity index (χ1v) is 7.03. The van der Waals surface area contributed by atoms with Crippen molar-refractivity contribution in [3.8, 4) is 0 Å². The smallest absolute Gasteiger partial charge is 0.408 e. The van der Waals surface area contributed by atoms with Crippen molar-refractivity contribution in [1.82, 2.24) is 5.32 Å². The number of carbonyl (C=O) groups is 1. The van der Waals surface area contributed by atoms with E-state index in [0.717, 1.165) is 32.1 Å². The zero-order valence-electron chi connectivity index (χ0n) is 11.6. The van der Waals surface area contributed by atoms with Crippen molar-refractivity contribution in [1.29, 1.82) is 0 Å². The van der Waals surface area contributed by atoms with Crippen LogP contribution in [-0.4, -0.2) is 17.7 Å². The SMILES string of the molecule is C=C1CC(C)(C)CC(CCC)(NC(=O)OCCl)C1. The van der Waals surface area contributed by atoms with Gasteiger partial charge in [0.15, 0.2) is 6.07 Å². The highest BCUT2D eigenvalue weighted by Crippen LogP contribution is 2.45. The quantitative estimate of drug-likeness (QED) is 0.615. The summed E-state index contributed by atoms with van der Waals surface area (Å²) in [4.78, 5) is 11.7. The Morgan fingerprint density at radius 1 is 1.50 bits per heavy atom. The third-order valence-corrected chi connectivity index (χ3v) is 3.52. The fourth-order valence-corrected chi connectivity index (χ4v) is 3.47. The molecular weight excluding hydrogens is 250 g/mol. The van der Waals surface area contributed by atoms with E-state index in [4.69, 9.17) is 16.3 Å². The number of alkyl halides is 1. The summed E-state index contributed by atoms with van der Waals surface area (Å²) in [6, 6.07) is -0.113. The van der Waals surface area contributed by atoms with Gasteiger partial charge in [-0.2, -0.15) is 0 Å². The van der Waals surface area contributed by atoms with Gasteiger partial charge < -0.3 is 10.1 Å². The number of rotatable bonds is 4. The van der Waals surface area contributed by atoms with E-state index in [1.165, 1.54) is 5.57 Å². The second-order valence-corrected chi connectivity index (χ2v) is 6.36. The minimum atomic E-state index is -0.427. The van der Waals surface area contributed by atoms with Gasteiger partial charge in [0.05, 0.1) is 0 Å². The van der Waals surface area contributed by atoms with Crippen LogP contribution in [0.3, 0.4) is 0 Å². The number of amides is 1. The predicted octanol–water partition coefficient (Wildman–Crippen LogP) is 4.21. The molecule has 0 aliphatic heterocycles. The van der Waals surface area contributed by atoms with Gasteiger partial charge in [0.25, 0.3) is 0 Å². The van der Waals surface area contributed by atoms with Gasteiger partial charge in [0.1, 0.15) is 0 Å². The Hall–Kier alpha value is -0.700. The molecule has 0 bridgehead atoms. The Kier molecular flexibility index (Phi) is 5.09. The van der Waals surface area contributed by atoms with Crippen LogP contribution in [-0.2, 0) is 4.74 Å². The fraction of sp³-hybridized carbons (Fsp3) is 0.786. The van der Waals surface area contributed by atoms with Crippen LogP contribution in [0.4, 0.5) is 4.79 Å². The molecule has 0 spiro atoms. The molecule has 104 valence electrons. The van der Waals surface area contributed by atoms with Crippen molar-refractivity contribution >= 4 is 17.7 Å². The first-order chi connectivity index (χ1) is 8.32. The van der Waals surface area contributed by atoms with E-state index < -0.39 is 6.09 Å². The van der Waals surface area contributed by atoms with Gasteiger partial charge >= 0.3 is 6.09 Å². The van der Waals surface area contributed by atoms with E-state index in [2.05, 4.69) is 32.7 Å². The molecule has 1 N–H and O–H groups in total.